The summed E-state index contributed by atoms with van der Waals surface area (Å²) >= 11 is 0. The molecule has 0 bridgehead atoms. The zero-order valence-electron chi connectivity index (χ0n) is 6.60. The molecule has 13 heavy (non-hydrogen) atoms. The van der Waals surface area contributed by atoms with Gasteiger partial charge in [0.25, 0.3) is 0 Å². The molecule has 1 aromatic rings. The van der Waals surface area contributed by atoms with Gasteiger partial charge in [0, 0.05) is 0 Å². The fourth-order valence-electron chi connectivity index (χ4n) is 0.929. The van der Waals surface area contributed by atoms with Crippen molar-refractivity contribution in [3.8, 4) is 5.88 Å². The normalized spacial score (nSPS) is 16.6. The van der Waals surface area contributed by atoms with E-state index in [-0.39, 0.29) is 17.7 Å². The Morgan fingerprint density at radius 2 is 2.54 bits per heavy atom. The van der Waals surface area contributed by atoms with Crippen molar-refractivity contribution in [1.82, 2.24) is 10.2 Å². The molecule has 0 atom stereocenters. The maximum atomic E-state index is 10.4. The van der Waals surface area contributed by atoms with Crippen molar-refractivity contribution >= 4 is 5.69 Å². The van der Waals surface area contributed by atoms with Gasteiger partial charge in [-0.15, -0.1) is 5.10 Å². The predicted octanol–water partition coefficient (Wildman–Crippen LogP) is 0.0955. The van der Waals surface area contributed by atoms with Crippen LogP contribution < -0.4 is 4.74 Å². The summed E-state index contributed by atoms with van der Waals surface area (Å²) in [6.07, 6.45) is 1.08. The van der Waals surface area contributed by atoms with Gasteiger partial charge in [-0.25, -0.2) is 0 Å². The van der Waals surface area contributed by atoms with Gasteiger partial charge in [-0.05, 0) is 0 Å². The first-order valence-electron chi connectivity index (χ1n) is 3.70. The quantitative estimate of drug-likeness (QED) is 0.532. The minimum atomic E-state index is -0.543. The molecule has 7 heteroatoms. The SMILES string of the molecule is O=[N+]([O-])c1c[nH]nc1OC1COC1. The second-order valence-electron chi connectivity index (χ2n) is 2.61. The molecule has 2 rings (SSSR count). The first-order chi connectivity index (χ1) is 6.27. The standard InChI is InChI=1S/C6H7N3O4/c10-9(11)5-1-7-8-6(5)13-4-2-12-3-4/h1,4H,2-3H2,(H,7,8). The van der Waals surface area contributed by atoms with Crippen molar-refractivity contribution in [2.45, 2.75) is 6.10 Å². The van der Waals surface area contributed by atoms with Crippen molar-refractivity contribution in [3.63, 3.8) is 0 Å². The van der Waals surface area contributed by atoms with Crippen LogP contribution in [0.15, 0.2) is 6.20 Å². The molecule has 1 N–H and O–H groups in total. The molecule has 0 unspecified atom stereocenters. The fourth-order valence-corrected chi connectivity index (χ4v) is 0.929. The van der Waals surface area contributed by atoms with E-state index in [1.807, 2.05) is 0 Å². The van der Waals surface area contributed by atoms with Gasteiger partial charge < -0.3 is 9.47 Å². The Hall–Kier alpha value is -1.63. The van der Waals surface area contributed by atoms with E-state index in [1.165, 1.54) is 6.20 Å². The van der Waals surface area contributed by atoms with E-state index >= 15 is 0 Å². The Balaban J connectivity index is 2.09. The van der Waals surface area contributed by atoms with Crippen LogP contribution in [0.2, 0.25) is 0 Å². The number of hydrogen-bond donors (Lipinski definition) is 1. The van der Waals surface area contributed by atoms with Crippen LogP contribution in [0.3, 0.4) is 0 Å². The van der Waals surface area contributed by atoms with E-state index in [4.69, 9.17) is 9.47 Å². The lowest BCUT2D eigenvalue weighted by atomic mass is 10.3. The topological polar surface area (TPSA) is 90.3 Å². The highest BCUT2D eigenvalue weighted by molar-refractivity contribution is 5.37. The van der Waals surface area contributed by atoms with Crippen molar-refractivity contribution in [3.05, 3.63) is 16.3 Å². The smallest absolute Gasteiger partial charge is 0.349 e. The van der Waals surface area contributed by atoms with Gasteiger partial charge in [0.05, 0.1) is 18.1 Å². The molecule has 0 aromatic carbocycles. The largest absolute Gasteiger partial charge is 0.464 e. The molecular formula is C6H7N3O4. The van der Waals surface area contributed by atoms with E-state index in [0.29, 0.717) is 13.2 Å². The Morgan fingerprint density at radius 1 is 1.77 bits per heavy atom. The van der Waals surface area contributed by atoms with Crippen LogP contribution in [-0.2, 0) is 4.74 Å². The summed E-state index contributed by atoms with van der Waals surface area (Å²) in [6, 6.07) is 0. The lowest BCUT2D eigenvalue weighted by Crippen LogP contribution is -2.38. The molecule has 1 aliphatic rings. The molecule has 0 amide bonds. The zero-order valence-corrected chi connectivity index (χ0v) is 6.60. The van der Waals surface area contributed by atoms with Crippen LogP contribution in [0.1, 0.15) is 0 Å². The summed E-state index contributed by atoms with van der Waals surface area (Å²) in [4.78, 5) is 9.86. The van der Waals surface area contributed by atoms with Crippen LogP contribution >= 0.6 is 0 Å². The molecule has 1 saturated heterocycles. The van der Waals surface area contributed by atoms with Gasteiger partial charge in [0.2, 0.25) is 0 Å². The van der Waals surface area contributed by atoms with E-state index in [0.717, 1.165) is 0 Å². The second kappa shape index (κ2) is 3.02. The summed E-state index contributed by atoms with van der Waals surface area (Å²) in [5.74, 6) is 0.0262. The number of H-pyrrole nitrogens is 1. The summed E-state index contributed by atoms with van der Waals surface area (Å²) in [7, 11) is 0. The van der Waals surface area contributed by atoms with Gasteiger partial charge in [0.15, 0.2) is 0 Å². The van der Waals surface area contributed by atoms with E-state index in [2.05, 4.69) is 10.2 Å². The third-order valence-corrected chi connectivity index (χ3v) is 1.67. The fraction of sp³-hybridized carbons (Fsp3) is 0.500. The molecule has 1 fully saturated rings. The minimum Gasteiger partial charge on any atom is -0.464 e. The molecule has 0 radical (unpaired) electrons. The van der Waals surface area contributed by atoms with Crippen LogP contribution in [0.4, 0.5) is 5.69 Å². The average Bonchev–Trinajstić information content (AvgIpc) is 2.44. The third kappa shape index (κ3) is 1.45. The molecule has 0 aliphatic carbocycles. The summed E-state index contributed by atoms with van der Waals surface area (Å²) in [5, 5.41) is 16.4. The molecule has 0 saturated carbocycles. The molecule has 2 heterocycles. The summed E-state index contributed by atoms with van der Waals surface area (Å²) < 4.78 is 10.0. The van der Waals surface area contributed by atoms with Gasteiger partial charge in [-0.2, -0.15) is 0 Å². The van der Waals surface area contributed by atoms with Crippen LogP contribution in [-0.4, -0.2) is 34.4 Å². The minimum absolute atomic E-state index is 0.0262. The van der Waals surface area contributed by atoms with Crippen LogP contribution in [0.5, 0.6) is 5.88 Å². The maximum Gasteiger partial charge on any atom is 0.349 e. The first kappa shape index (κ1) is 7.99. The average molecular weight is 185 g/mol. The first-order valence-corrected chi connectivity index (χ1v) is 3.70. The third-order valence-electron chi connectivity index (χ3n) is 1.67. The van der Waals surface area contributed by atoms with Crippen molar-refractivity contribution in [1.29, 1.82) is 0 Å². The number of rotatable bonds is 3. The number of nitrogens with one attached hydrogen (secondary N) is 1. The highest BCUT2D eigenvalue weighted by atomic mass is 16.6. The summed E-state index contributed by atoms with van der Waals surface area (Å²) in [6.45, 7) is 0.925. The highest BCUT2D eigenvalue weighted by Gasteiger charge is 2.26. The maximum absolute atomic E-state index is 10.4. The molecule has 1 aliphatic heterocycles. The van der Waals surface area contributed by atoms with Crippen molar-refractivity contribution < 1.29 is 14.4 Å². The molecule has 1 aromatic heterocycles. The number of aromatic amines is 1. The Labute approximate surface area is 72.8 Å². The lowest BCUT2D eigenvalue weighted by molar-refractivity contribution is -0.386. The van der Waals surface area contributed by atoms with Crippen LogP contribution in [0, 0.1) is 10.1 Å². The Kier molecular flexibility index (Phi) is 1.85. The number of ether oxygens (including phenoxy) is 2. The molecule has 70 valence electrons. The zero-order chi connectivity index (χ0) is 9.26. The monoisotopic (exact) mass is 185 g/mol. The predicted molar refractivity (Wildman–Crippen MR) is 40.5 cm³/mol. The molecule has 7 nitrogen and oxygen atoms in total. The van der Waals surface area contributed by atoms with Gasteiger partial charge in [-0.1, -0.05) is 0 Å². The number of nitro groups is 1. The number of hydrogen-bond acceptors (Lipinski definition) is 5. The van der Waals surface area contributed by atoms with E-state index in [9.17, 15) is 10.1 Å². The van der Waals surface area contributed by atoms with Crippen molar-refractivity contribution in [2.75, 3.05) is 13.2 Å². The highest BCUT2D eigenvalue weighted by Crippen LogP contribution is 2.24. The second-order valence-corrected chi connectivity index (χ2v) is 2.61. The number of aromatic nitrogens is 2. The Bertz CT molecular complexity index is 319. The van der Waals surface area contributed by atoms with Gasteiger partial charge in [-0.3, -0.25) is 15.2 Å². The lowest BCUT2D eigenvalue weighted by Gasteiger charge is -2.24. The van der Waals surface area contributed by atoms with Crippen LogP contribution in [0.25, 0.3) is 0 Å². The molecule has 0 spiro atoms. The number of nitrogens with zero attached hydrogens (tertiary/aromatic N) is 2. The van der Waals surface area contributed by atoms with Gasteiger partial charge >= 0.3 is 11.6 Å². The Morgan fingerprint density at radius 3 is 3.08 bits per heavy atom. The van der Waals surface area contributed by atoms with Gasteiger partial charge in [0.1, 0.15) is 12.3 Å². The summed E-state index contributed by atoms with van der Waals surface area (Å²) in [5.41, 5.74) is -0.146. The molecular weight excluding hydrogens is 178 g/mol. The van der Waals surface area contributed by atoms with Crippen molar-refractivity contribution in [2.24, 2.45) is 0 Å². The van der Waals surface area contributed by atoms with E-state index < -0.39 is 4.92 Å². The van der Waals surface area contributed by atoms with E-state index in [1.54, 1.807) is 0 Å².